The maximum Gasteiger partial charge on any atom is 0.325 e. The van der Waals surface area contributed by atoms with Gasteiger partial charge in [-0.2, -0.15) is 5.26 Å². The van der Waals surface area contributed by atoms with E-state index in [0.29, 0.717) is 39.3 Å². The number of anilines is 1. The van der Waals surface area contributed by atoms with Crippen LogP contribution >= 0.6 is 11.6 Å². The number of nitriles is 1. The highest BCUT2D eigenvalue weighted by Crippen LogP contribution is 2.36. The number of piperidine rings is 1. The van der Waals surface area contributed by atoms with Crippen molar-refractivity contribution in [3.63, 3.8) is 0 Å². The molecule has 262 valence electrons. The fourth-order valence-corrected chi connectivity index (χ4v) is 7.74. The predicted molar refractivity (Wildman–Crippen MR) is 194 cm³/mol. The minimum Gasteiger partial charge on any atom is -0.495 e. The number of rotatable bonds is 12. The van der Waals surface area contributed by atoms with Gasteiger partial charge in [0.25, 0.3) is 5.91 Å². The zero-order valence-corrected chi connectivity index (χ0v) is 29.9. The van der Waals surface area contributed by atoms with E-state index in [1.165, 1.54) is 31.3 Å². The molecule has 0 aliphatic carbocycles. The predicted octanol–water partition coefficient (Wildman–Crippen LogP) is 6.50. The molecular formula is C38H40ClFN4O5S. The Morgan fingerprint density at radius 3 is 2.52 bits per heavy atom. The number of halogens is 2. The summed E-state index contributed by atoms with van der Waals surface area (Å²) in [6.07, 6.45) is 3.84. The third kappa shape index (κ3) is 8.27. The Morgan fingerprint density at radius 1 is 1.12 bits per heavy atom. The smallest absolute Gasteiger partial charge is 0.325 e. The summed E-state index contributed by atoms with van der Waals surface area (Å²) >= 11 is 6.29. The van der Waals surface area contributed by atoms with Crippen molar-refractivity contribution in [1.29, 1.82) is 5.26 Å². The zero-order chi connectivity index (χ0) is 35.9. The van der Waals surface area contributed by atoms with E-state index in [-0.39, 0.29) is 41.8 Å². The van der Waals surface area contributed by atoms with Crippen molar-refractivity contribution >= 4 is 50.7 Å². The van der Waals surface area contributed by atoms with Crippen LogP contribution in [0.4, 0.5) is 10.1 Å². The van der Waals surface area contributed by atoms with Gasteiger partial charge in [0.2, 0.25) is 0 Å². The van der Waals surface area contributed by atoms with Crippen molar-refractivity contribution in [2.75, 3.05) is 58.9 Å². The Hall–Kier alpha value is -4.50. The van der Waals surface area contributed by atoms with Gasteiger partial charge in [-0.1, -0.05) is 48.0 Å². The SMILES string of the molecule is COC(=O)CN(C[C@@H](CCN1CCC(c2ccc(F)cc2[S@@](C)=O)CC1)c1ccc(Cl)c(N)c1)C(=O)c1c(OC)c(C#N)cc2ccccc12. The van der Waals surface area contributed by atoms with Crippen molar-refractivity contribution in [2.24, 2.45) is 0 Å². The highest BCUT2D eigenvalue weighted by atomic mass is 35.5. The van der Waals surface area contributed by atoms with E-state index in [9.17, 15) is 23.5 Å². The molecule has 0 aromatic heterocycles. The maximum atomic E-state index is 14.5. The topological polar surface area (TPSA) is 126 Å². The molecule has 0 spiro atoms. The number of carbonyl (C=O) groups is 2. The van der Waals surface area contributed by atoms with Crippen molar-refractivity contribution < 1.29 is 27.7 Å². The molecule has 1 saturated heterocycles. The van der Waals surface area contributed by atoms with Crippen molar-refractivity contribution in [3.8, 4) is 11.8 Å². The number of hydrogen-bond acceptors (Lipinski definition) is 8. The van der Waals surface area contributed by atoms with Gasteiger partial charge in [0.1, 0.15) is 24.2 Å². The minimum atomic E-state index is -1.30. The molecule has 12 heteroatoms. The van der Waals surface area contributed by atoms with E-state index in [1.54, 1.807) is 42.7 Å². The van der Waals surface area contributed by atoms with Gasteiger partial charge in [-0.3, -0.25) is 13.8 Å². The lowest BCUT2D eigenvalue weighted by molar-refractivity contribution is -0.141. The van der Waals surface area contributed by atoms with E-state index >= 15 is 0 Å². The fraction of sp³-hybridized carbons (Fsp3) is 0.342. The number of hydrogen-bond donors (Lipinski definition) is 1. The molecule has 2 atom stereocenters. The van der Waals surface area contributed by atoms with E-state index < -0.39 is 28.5 Å². The number of benzene rings is 4. The van der Waals surface area contributed by atoms with Crippen LogP contribution in [-0.2, 0) is 20.3 Å². The van der Waals surface area contributed by atoms with Crippen molar-refractivity contribution in [2.45, 2.75) is 36.0 Å². The Morgan fingerprint density at radius 2 is 1.86 bits per heavy atom. The molecule has 0 bridgehead atoms. The fourth-order valence-electron chi connectivity index (χ4n) is 6.78. The second kappa shape index (κ2) is 16.5. The highest BCUT2D eigenvalue weighted by molar-refractivity contribution is 7.84. The van der Waals surface area contributed by atoms with Crippen LogP contribution in [0.5, 0.6) is 5.75 Å². The van der Waals surface area contributed by atoms with E-state index in [0.717, 1.165) is 37.1 Å². The first kappa shape index (κ1) is 36.8. The summed E-state index contributed by atoms with van der Waals surface area (Å²) < 4.78 is 36.9. The largest absolute Gasteiger partial charge is 0.495 e. The van der Waals surface area contributed by atoms with E-state index in [1.807, 2.05) is 18.2 Å². The molecule has 0 saturated carbocycles. The first-order valence-corrected chi connectivity index (χ1v) is 18.2. The van der Waals surface area contributed by atoms with Crippen molar-refractivity contribution in [1.82, 2.24) is 9.80 Å². The van der Waals surface area contributed by atoms with Crippen LogP contribution in [0.2, 0.25) is 5.02 Å². The normalized spacial score (nSPS) is 14.9. The van der Waals surface area contributed by atoms with Crippen molar-refractivity contribution in [3.05, 3.63) is 99.8 Å². The first-order valence-electron chi connectivity index (χ1n) is 16.3. The minimum absolute atomic E-state index is 0.137. The Balaban J connectivity index is 1.43. The number of carbonyl (C=O) groups excluding carboxylic acids is 2. The molecule has 1 heterocycles. The average Bonchev–Trinajstić information content (AvgIpc) is 3.12. The van der Waals surface area contributed by atoms with Crippen LogP contribution < -0.4 is 10.5 Å². The van der Waals surface area contributed by atoms with Crippen LogP contribution in [0.25, 0.3) is 10.8 Å². The summed E-state index contributed by atoms with van der Waals surface area (Å²) in [5.41, 5.74) is 8.82. The maximum absolute atomic E-state index is 14.5. The molecule has 1 amide bonds. The molecule has 4 aromatic rings. The van der Waals surface area contributed by atoms with Crippen LogP contribution in [0.3, 0.4) is 0 Å². The number of nitrogens with two attached hydrogens (primary N) is 1. The van der Waals surface area contributed by atoms with Gasteiger partial charge >= 0.3 is 5.97 Å². The average molecular weight is 719 g/mol. The molecule has 0 radical (unpaired) electrons. The van der Waals surface area contributed by atoms with Gasteiger partial charge in [0.15, 0.2) is 0 Å². The molecule has 0 unspecified atom stereocenters. The molecule has 50 heavy (non-hydrogen) atoms. The molecule has 5 rings (SSSR count). The number of esters is 1. The summed E-state index contributed by atoms with van der Waals surface area (Å²) in [5, 5.41) is 11.6. The molecule has 9 nitrogen and oxygen atoms in total. The Kier molecular flexibility index (Phi) is 12.1. The number of nitrogens with zero attached hydrogens (tertiary/aromatic N) is 3. The van der Waals surface area contributed by atoms with E-state index in [4.69, 9.17) is 26.8 Å². The first-order chi connectivity index (χ1) is 24.0. The van der Waals surface area contributed by atoms with Gasteiger partial charge in [0, 0.05) is 23.6 Å². The van der Waals surface area contributed by atoms with Crippen LogP contribution in [0.1, 0.15) is 58.1 Å². The van der Waals surface area contributed by atoms with Gasteiger partial charge in [-0.15, -0.1) is 0 Å². The molecular weight excluding hydrogens is 679 g/mol. The lowest BCUT2D eigenvalue weighted by Crippen LogP contribution is -2.40. The number of nitrogen functional groups attached to an aromatic ring is 1. The van der Waals surface area contributed by atoms with Crippen LogP contribution in [0.15, 0.2) is 71.6 Å². The van der Waals surface area contributed by atoms with Crippen LogP contribution in [0, 0.1) is 17.1 Å². The molecule has 4 aromatic carbocycles. The monoisotopic (exact) mass is 718 g/mol. The third-order valence-corrected chi connectivity index (χ3v) is 10.7. The third-order valence-electron chi connectivity index (χ3n) is 9.41. The molecule has 2 N–H and O–H groups in total. The number of ether oxygens (including phenoxy) is 2. The standard InChI is InChI=1S/C38H40ClFN4O5S/c1-48-35(45)23-44(38(46)36-31-7-5-4-6-26(31)18-28(21-41)37(36)49-2)22-27(25-8-11-32(39)33(42)19-25)14-17-43-15-12-24(13-16-43)30-10-9-29(40)20-34(30)50(3)47/h4-11,18-20,24,27H,12-17,22-23,42H2,1-3H3/t27-,50-/m1/s1. The highest BCUT2D eigenvalue weighted by Gasteiger charge is 2.30. The molecule has 1 fully saturated rings. The second-order valence-corrected chi connectivity index (χ2v) is 14.2. The van der Waals surface area contributed by atoms with Gasteiger partial charge in [-0.25, -0.2) is 4.39 Å². The summed E-state index contributed by atoms with van der Waals surface area (Å²) in [5.74, 6) is -1.42. The lowest BCUT2D eigenvalue weighted by Gasteiger charge is -2.34. The zero-order valence-electron chi connectivity index (χ0n) is 28.3. The van der Waals surface area contributed by atoms with E-state index in [2.05, 4.69) is 11.0 Å². The quantitative estimate of drug-likeness (QED) is 0.130. The van der Waals surface area contributed by atoms with Gasteiger partial charge in [0.05, 0.1) is 46.9 Å². The molecule has 1 aliphatic rings. The lowest BCUT2D eigenvalue weighted by atomic mass is 9.88. The number of fused-ring (bicyclic) bond motifs is 1. The number of amides is 1. The second-order valence-electron chi connectivity index (χ2n) is 12.4. The van der Waals surface area contributed by atoms with Gasteiger partial charge < -0.3 is 25.0 Å². The van der Waals surface area contributed by atoms with Crippen LogP contribution in [-0.4, -0.2) is 79.1 Å². The summed E-state index contributed by atoms with van der Waals surface area (Å²) in [7, 11) is 1.38. The Bertz CT molecular complexity index is 1960. The summed E-state index contributed by atoms with van der Waals surface area (Å²) in [6.45, 7) is 2.06. The number of likely N-dealkylation sites (tertiary alicyclic amines) is 1. The van der Waals surface area contributed by atoms with Gasteiger partial charge in [-0.05, 0) is 97.0 Å². The summed E-state index contributed by atoms with van der Waals surface area (Å²) in [4.78, 5) is 31.6. The number of methoxy groups -OCH3 is 2. The Labute approximate surface area is 299 Å². The molecule has 1 aliphatic heterocycles. The summed E-state index contributed by atoms with van der Waals surface area (Å²) in [6, 6.07) is 21.0.